The number of aliphatic hydroxyl groups is 1. The lowest BCUT2D eigenvalue weighted by atomic mass is 10.4. The van der Waals surface area contributed by atoms with Crippen molar-refractivity contribution in [3.63, 3.8) is 0 Å². The summed E-state index contributed by atoms with van der Waals surface area (Å²) >= 11 is 0. The van der Waals surface area contributed by atoms with Crippen LogP contribution in [0.1, 0.15) is 20.3 Å². The topological polar surface area (TPSA) is 38.7 Å². The van der Waals surface area contributed by atoms with E-state index in [1.54, 1.807) is 7.11 Å². The van der Waals surface area contributed by atoms with Crippen molar-refractivity contribution in [2.75, 3.05) is 13.7 Å². The van der Waals surface area contributed by atoms with E-state index in [9.17, 15) is 0 Å². The lowest BCUT2D eigenvalue weighted by Gasteiger charge is -2.17. The molecule has 0 amide bonds. The highest BCUT2D eigenvalue weighted by Crippen LogP contribution is 2.01. The van der Waals surface area contributed by atoms with Gasteiger partial charge in [-0.2, -0.15) is 0 Å². The van der Waals surface area contributed by atoms with Gasteiger partial charge in [0, 0.05) is 7.11 Å². The van der Waals surface area contributed by atoms with Gasteiger partial charge in [-0.25, -0.2) is 0 Å². The maximum Gasteiger partial charge on any atom is 0.157 e. The molecule has 3 heteroatoms. The maximum atomic E-state index is 8.59. The van der Waals surface area contributed by atoms with Crippen LogP contribution in [0.5, 0.6) is 0 Å². The molecule has 3 nitrogen and oxygen atoms in total. The van der Waals surface area contributed by atoms with Crippen LogP contribution in [0.15, 0.2) is 0 Å². The van der Waals surface area contributed by atoms with Crippen molar-refractivity contribution in [1.82, 2.24) is 0 Å². The minimum Gasteiger partial charge on any atom is -0.394 e. The van der Waals surface area contributed by atoms with Crippen molar-refractivity contribution in [1.29, 1.82) is 0 Å². The zero-order chi connectivity index (χ0) is 7.98. The smallest absolute Gasteiger partial charge is 0.157 e. The average molecular weight is 148 g/mol. The lowest BCUT2D eigenvalue weighted by Crippen LogP contribution is -2.23. The van der Waals surface area contributed by atoms with Gasteiger partial charge in [0.05, 0.1) is 12.7 Å². The number of rotatable bonds is 5. The first-order chi connectivity index (χ1) is 4.74. The molecule has 0 fully saturated rings. The molecule has 0 spiro atoms. The summed E-state index contributed by atoms with van der Waals surface area (Å²) in [5, 5.41) is 8.59. The summed E-state index contributed by atoms with van der Waals surface area (Å²) < 4.78 is 10.2. The van der Waals surface area contributed by atoms with Gasteiger partial charge in [0.1, 0.15) is 0 Å². The van der Waals surface area contributed by atoms with Crippen molar-refractivity contribution in [2.24, 2.45) is 0 Å². The third kappa shape index (κ3) is 3.82. The lowest BCUT2D eigenvalue weighted by molar-refractivity contribution is -0.160. The molecule has 0 rings (SSSR count). The molecule has 0 aromatic carbocycles. The quantitative estimate of drug-likeness (QED) is 0.585. The Hall–Kier alpha value is -0.120. The molecule has 10 heavy (non-hydrogen) atoms. The zero-order valence-corrected chi connectivity index (χ0v) is 6.83. The first kappa shape index (κ1) is 9.88. The number of aliphatic hydroxyl groups excluding tert-OH is 1. The van der Waals surface area contributed by atoms with Crippen LogP contribution < -0.4 is 0 Å². The van der Waals surface area contributed by atoms with Gasteiger partial charge >= 0.3 is 0 Å². The van der Waals surface area contributed by atoms with Gasteiger partial charge in [0.2, 0.25) is 0 Å². The molecule has 62 valence electrons. The average Bonchev–Trinajstić information content (AvgIpc) is 1.99. The van der Waals surface area contributed by atoms with E-state index in [2.05, 4.69) is 0 Å². The number of hydrogen-bond donors (Lipinski definition) is 1. The summed E-state index contributed by atoms with van der Waals surface area (Å²) in [7, 11) is 1.60. The predicted molar refractivity (Wildman–Crippen MR) is 38.7 cm³/mol. The van der Waals surface area contributed by atoms with Gasteiger partial charge in [0.25, 0.3) is 0 Å². The van der Waals surface area contributed by atoms with Crippen LogP contribution in [0.3, 0.4) is 0 Å². The summed E-state index contributed by atoms with van der Waals surface area (Å²) in [6, 6.07) is 0. The van der Waals surface area contributed by atoms with Crippen molar-refractivity contribution < 1.29 is 14.6 Å². The molecule has 0 aliphatic heterocycles. The van der Waals surface area contributed by atoms with Crippen LogP contribution in [0.4, 0.5) is 0 Å². The van der Waals surface area contributed by atoms with Gasteiger partial charge in [-0.3, -0.25) is 0 Å². The van der Waals surface area contributed by atoms with Crippen LogP contribution in [0, 0.1) is 0 Å². The first-order valence-electron chi connectivity index (χ1n) is 3.53. The summed E-state index contributed by atoms with van der Waals surface area (Å²) in [5.74, 6) is 0. The number of hydrogen-bond acceptors (Lipinski definition) is 3. The molecule has 0 saturated carbocycles. The van der Waals surface area contributed by atoms with Crippen molar-refractivity contribution in [3.8, 4) is 0 Å². The Morgan fingerprint density at radius 2 is 2.10 bits per heavy atom. The van der Waals surface area contributed by atoms with Crippen LogP contribution in [-0.4, -0.2) is 31.2 Å². The Kier molecular flexibility index (Phi) is 5.58. The second kappa shape index (κ2) is 5.65. The fourth-order valence-electron chi connectivity index (χ4n) is 0.621. The molecule has 1 N–H and O–H groups in total. The summed E-state index contributed by atoms with van der Waals surface area (Å²) in [6.45, 7) is 3.82. The number of methoxy groups -OCH3 is 1. The van der Waals surface area contributed by atoms with Crippen LogP contribution in [-0.2, 0) is 9.47 Å². The molecule has 0 heterocycles. The van der Waals surface area contributed by atoms with E-state index in [-0.39, 0.29) is 19.0 Å². The van der Waals surface area contributed by atoms with Crippen LogP contribution in [0.2, 0.25) is 0 Å². The molecule has 0 aliphatic carbocycles. The predicted octanol–water partition coefficient (Wildman–Crippen LogP) is 0.766. The fraction of sp³-hybridized carbons (Fsp3) is 1.00. The minimum absolute atomic E-state index is 0.0415. The Morgan fingerprint density at radius 1 is 1.50 bits per heavy atom. The molecule has 0 aromatic rings. The van der Waals surface area contributed by atoms with Gasteiger partial charge in [0.15, 0.2) is 6.29 Å². The van der Waals surface area contributed by atoms with E-state index in [0.29, 0.717) is 0 Å². The fourth-order valence-corrected chi connectivity index (χ4v) is 0.621. The molecule has 0 bridgehead atoms. The highest BCUT2D eigenvalue weighted by Gasteiger charge is 2.08. The summed E-state index contributed by atoms with van der Waals surface area (Å²) in [5.41, 5.74) is 0. The molecule has 0 aliphatic rings. The Labute approximate surface area is 62.0 Å². The third-order valence-electron chi connectivity index (χ3n) is 1.24. The van der Waals surface area contributed by atoms with Crippen LogP contribution >= 0.6 is 0 Å². The van der Waals surface area contributed by atoms with Crippen molar-refractivity contribution in [3.05, 3.63) is 0 Å². The molecule has 0 radical (unpaired) electrons. The standard InChI is InChI=1S/C7H16O3/c1-4-7(9-3)10-6(2)5-8/h6-8H,4-5H2,1-3H3. The Bertz CT molecular complexity index is 71.3. The molecule has 0 saturated heterocycles. The SMILES string of the molecule is CCC(OC)OC(C)CO. The molecule has 2 unspecified atom stereocenters. The highest BCUT2D eigenvalue weighted by molar-refractivity contribution is 4.47. The highest BCUT2D eigenvalue weighted by atomic mass is 16.7. The Balaban J connectivity index is 3.41. The normalized spacial score (nSPS) is 16.8. The summed E-state index contributed by atoms with van der Waals surface area (Å²) in [4.78, 5) is 0. The van der Waals surface area contributed by atoms with E-state index < -0.39 is 0 Å². The van der Waals surface area contributed by atoms with Gasteiger partial charge in [-0.1, -0.05) is 6.92 Å². The van der Waals surface area contributed by atoms with E-state index in [0.717, 1.165) is 6.42 Å². The largest absolute Gasteiger partial charge is 0.394 e. The van der Waals surface area contributed by atoms with E-state index in [4.69, 9.17) is 14.6 Å². The van der Waals surface area contributed by atoms with Crippen molar-refractivity contribution in [2.45, 2.75) is 32.7 Å². The second-order valence-electron chi connectivity index (χ2n) is 2.20. The molecular weight excluding hydrogens is 132 g/mol. The van der Waals surface area contributed by atoms with E-state index in [1.165, 1.54) is 0 Å². The van der Waals surface area contributed by atoms with Gasteiger partial charge < -0.3 is 14.6 Å². The van der Waals surface area contributed by atoms with Crippen molar-refractivity contribution >= 4 is 0 Å². The second-order valence-corrected chi connectivity index (χ2v) is 2.20. The maximum absolute atomic E-state index is 8.59. The first-order valence-corrected chi connectivity index (χ1v) is 3.53. The zero-order valence-electron chi connectivity index (χ0n) is 6.83. The summed E-state index contributed by atoms with van der Waals surface area (Å²) in [6.07, 6.45) is 0.493. The monoisotopic (exact) mass is 148 g/mol. The Morgan fingerprint density at radius 3 is 2.40 bits per heavy atom. The molecule has 0 aromatic heterocycles. The van der Waals surface area contributed by atoms with E-state index >= 15 is 0 Å². The molecule has 2 atom stereocenters. The van der Waals surface area contributed by atoms with Gasteiger partial charge in [-0.05, 0) is 13.3 Å². The third-order valence-corrected chi connectivity index (χ3v) is 1.24. The van der Waals surface area contributed by atoms with Crippen LogP contribution in [0.25, 0.3) is 0 Å². The van der Waals surface area contributed by atoms with Gasteiger partial charge in [-0.15, -0.1) is 0 Å². The number of ether oxygens (including phenoxy) is 2. The van der Waals surface area contributed by atoms with E-state index in [1.807, 2.05) is 13.8 Å². The minimum atomic E-state index is -0.179. The molecular formula is C7H16O3.